The highest BCUT2D eigenvalue weighted by atomic mass is 35.5. The molecule has 0 aliphatic heterocycles. The van der Waals surface area contributed by atoms with Crippen LogP contribution in [-0.2, 0) is 16.1 Å². The van der Waals surface area contributed by atoms with Gasteiger partial charge in [-0.05, 0) is 19.1 Å². The van der Waals surface area contributed by atoms with E-state index in [0.29, 0.717) is 0 Å². The second-order valence-corrected chi connectivity index (χ2v) is 7.28. The summed E-state index contributed by atoms with van der Waals surface area (Å²) in [7, 11) is 0. The first-order valence-electron chi connectivity index (χ1n) is 8.88. The van der Waals surface area contributed by atoms with Crippen molar-refractivity contribution in [1.29, 1.82) is 5.26 Å². The van der Waals surface area contributed by atoms with Crippen molar-refractivity contribution >= 4 is 58.2 Å². The Balaban J connectivity index is 2.43. The van der Waals surface area contributed by atoms with E-state index in [0.717, 1.165) is 15.9 Å². The number of thiazole rings is 1. The molecule has 9 nitrogen and oxygen atoms in total. The first-order chi connectivity index (χ1) is 15.1. The molecule has 3 N–H and O–H groups in total. The number of carbonyl (C=O) groups is 2. The van der Waals surface area contributed by atoms with E-state index in [-0.39, 0.29) is 33.3 Å². The summed E-state index contributed by atoms with van der Waals surface area (Å²) in [4.78, 5) is 40.2. The number of hydrogen-bond donors (Lipinski definition) is 3. The van der Waals surface area contributed by atoms with Gasteiger partial charge in [0.1, 0.15) is 39.3 Å². The number of alkyl halides is 4. The van der Waals surface area contributed by atoms with Crippen LogP contribution in [0.1, 0.15) is 6.92 Å². The zero-order valence-corrected chi connectivity index (χ0v) is 18.0. The van der Waals surface area contributed by atoms with E-state index in [9.17, 15) is 32.8 Å². The molecule has 0 aliphatic rings. The fraction of sp³-hybridized carbons (Fsp3) is 0.278. The lowest BCUT2D eigenvalue weighted by molar-refractivity contribution is -0.135. The van der Waals surface area contributed by atoms with E-state index in [2.05, 4.69) is 15.6 Å². The first-order valence-corrected chi connectivity index (χ1v) is 10.2. The predicted octanol–water partition coefficient (Wildman–Crippen LogP) is 0.705. The summed E-state index contributed by atoms with van der Waals surface area (Å²) in [6.07, 6.45) is -3.37. The third kappa shape index (κ3) is 6.56. The van der Waals surface area contributed by atoms with Crippen LogP contribution >= 0.6 is 22.9 Å². The summed E-state index contributed by atoms with van der Waals surface area (Å²) in [6, 6.07) is 6.23. The van der Waals surface area contributed by atoms with Crippen molar-refractivity contribution in [2.45, 2.75) is 19.6 Å². The van der Waals surface area contributed by atoms with Crippen molar-refractivity contribution < 1.29 is 22.8 Å². The second kappa shape index (κ2) is 10.8. The minimum absolute atomic E-state index is 0.0778. The van der Waals surface area contributed by atoms with Crippen molar-refractivity contribution in [3.63, 3.8) is 0 Å². The van der Waals surface area contributed by atoms with Gasteiger partial charge in [0.15, 0.2) is 5.57 Å². The smallest absolute Gasteiger partial charge is 0.345 e. The molecule has 14 heteroatoms. The third-order valence-electron chi connectivity index (χ3n) is 3.72. The van der Waals surface area contributed by atoms with Crippen molar-refractivity contribution in [2.24, 2.45) is 0 Å². The molecule has 0 bridgehead atoms. The standard InChI is InChI=1S/C18H16ClF3N6O3S/c1-2-28-16(31)11(8-24-12-4-3-5-13(26-12)27-14(29)6-19)32-17(28)10(7-23)15(30)25-9-18(20,21)22/h3-5,8H,2,6,9H2,1H3,(H,25,30)(H2,24,26,27,29)/b11-8+,17-10-. The van der Waals surface area contributed by atoms with Crippen LogP contribution in [-0.4, -0.2) is 40.0 Å². The van der Waals surface area contributed by atoms with Gasteiger partial charge in [0, 0.05) is 12.7 Å². The zero-order valence-electron chi connectivity index (χ0n) is 16.4. The summed E-state index contributed by atoms with van der Waals surface area (Å²) in [5, 5.41) is 16.2. The van der Waals surface area contributed by atoms with Crippen LogP contribution in [0, 0.1) is 11.3 Å². The maximum absolute atomic E-state index is 12.6. The number of halogens is 4. The van der Waals surface area contributed by atoms with Crippen LogP contribution in [0.25, 0.3) is 11.8 Å². The highest BCUT2D eigenvalue weighted by Crippen LogP contribution is 2.12. The van der Waals surface area contributed by atoms with Gasteiger partial charge in [0.05, 0.1) is 0 Å². The molecule has 32 heavy (non-hydrogen) atoms. The lowest BCUT2D eigenvalue weighted by atomic mass is 10.3. The van der Waals surface area contributed by atoms with Gasteiger partial charge < -0.3 is 16.0 Å². The molecule has 0 atom stereocenters. The lowest BCUT2D eigenvalue weighted by Gasteiger charge is -2.07. The topological polar surface area (TPSA) is 129 Å². The molecule has 2 amide bonds. The molecule has 170 valence electrons. The van der Waals surface area contributed by atoms with Crippen molar-refractivity contribution in [3.8, 4) is 6.07 Å². The number of amides is 2. The maximum Gasteiger partial charge on any atom is 0.405 e. The molecule has 2 aromatic heterocycles. The van der Waals surface area contributed by atoms with Gasteiger partial charge in [-0.3, -0.25) is 19.0 Å². The summed E-state index contributed by atoms with van der Waals surface area (Å²) >= 11 is 6.19. The molecular formula is C18H16ClF3N6O3S. The molecule has 0 aliphatic carbocycles. The number of nitrogens with zero attached hydrogens (tertiary/aromatic N) is 3. The molecule has 0 radical (unpaired) electrons. The van der Waals surface area contributed by atoms with Crippen molar-refractivity contribution in [3.05, 3.63) is 37.7 Å². The van der Waals surface area contributed by atoms with Gasteiger partial charge in [-0.1, -0.05) is 6.07 Å². The van der Waals surface area contributed by atoms with E-state index in [1.54, 1.807) is 30.4 Å². The van der Waals surface area contributed by atoms with Crippen molar-refractivity contribution in [2.75, 3.05) is 23.1 Å². The van der Waals surface area contributed by atoms with Gasteiger partial charge >= 0.3 is 6.18 Å². The van der Waals surface area contributed by atoms with Gasteiger partial charge in [-0.2, -0.15) is 18.4 Å². The number of nitrogens with one attached hydrogen (secondary N) is 3. The van der Waals surface area contributed by atoms with E-state index in [1.165, 1.54) is 12.3 Å². The lowest BCUT2D eigenvalue weighted by Crippen LogP contribution is -2.37. The largest absolute Gasteiger partial charge is 0.405 e. The summed E-state index contributed by atoms with van der Waals surface area (Å²) in [6.45, 7) is 0.0536. The van der Waals surface area contributed by atoms with Crippen LogP contribution in [0.3, 0.4) is 0 Å². The Hall–Kier alpha value is -3.37. The fourth-order valence-corrected chi connectivity index (χ4v) is 3.51. The van der Waals surface area contributed by atoms with Gasteiger partial charge in [0.2, 0.25) is 5.91 Å². The molecular weight excluding hydrogens is 473 g/mol. The Labute approximate surface area is 187 Å². The van der Waals surface area contributed by atoms with Crippen LogP contribution in [0.4, 0.5) is 24.8 Å². The molecule has 2 aromatic rings. The first kappa shape index (κ1) is 24.9. The van der Waals surface area contributed by atoms with Crippen LogP contribution in [0.2, 0.25) is 0 Å². The van der Waals surface area contributed by atoms with E-state index in [1.807, 2.05) is 0 Å². The second-order valence-electron chi connectivity index (χ2n) is 5.98. The normalized spacial score (nSPS) is 12.7. The molecule has 0 saturated heterocycles. The summed E-state index contributed by atoms with van der Waals surface area (Å²) in [5.41, 5.74) is -1.16. The number of nitriles is 1. The van der Waals surface area contributed by atoms with Gasteiger partial charge in [-0.25, -0.2) is 4.98 Å². The average Bonchev–Trinajstić information content (AvgIpc) is 3.06. The SMILES string of the molecule is CCn1c(=O)/c(=C\Nc2cccc(NC(=O)CCl)n2)s/c1=C(/C#N)C(=O)NCC(F)(F)F. The predicted molar refractivity (Wildman–Crippen MR) is 113 cm³/mol. The Morgan fingerprint density at radius 2 is 2.03 bits per heavy atom. The van der Waals surface area contributed by atoms with E-state index < -0.39 is 35.7 Å². The number of anilines is 2. The highest BCUT2D eigenvalue weighted by molar-refractivity contribution is 7.07. The molecule has 0 spiro atoms. The number of aromatic nitrogens is 2. The summed E-state index contributed by atoms with van der Waals surface area (Å²) in [5.74, 6) is -1.47. The molecule has 2 heterocycles. The molecule has 0 saturated carbocycles. The average molecular weight is 489 g/mol. The molecule has 0 fully saturated rings. The Kier molecular flexibility index (Phi) is 8.39. The zero-order chi connectivity index (χ0) is 23.9. The number of hydrogen-bond acceptors (Lipinski definition) is 7. The Bertz CT molecular complexity index is 1230. The van der Waals surface area contributed by atoms with E-state index >= 15 is 0 Å². The van der Waals surface area contributed by atoms with Crippen LogP contribution in [0.5, 0.6) is 0 Å². The Morgan fingerprint density at radius 1 is 1.34 bits per heavy atom. The van der Waals surface area contributed by atoms with Gasteiger partial charge in [-0.15, -0.1) is 22.9 Å². The molecule has 0 unspecified atom stereocenters. The quantitative estimate of drug-likeness (QED) is 0.492. The highest BCUT2D eigenvalue weighted by Gasteiger charge is 2.28. The maximum atomic E-state index is 12.6. The molecule has 2 rings (SSSR count). The fourth-order valence-electron chi connectivity index (χ4n) is 2.36. The molecule has 0 aromatic carbocycles. The van der Waals surface area contributed by atoms with Crippen LogP contribution in [0.15, 0.2) is 23.0 Å². The van der Waals surface area contributed by atoms with E-state index in [4.69, 9.17) is 11.6 Å². The number of pyridine rings is 1. The number of carbonyl (C=O) groups excluding carboxylic acids is 2. The van der Waals surface area contributed by atoms with Gasteiger partial charge in [0.25, 0.3) is 11.5 Å². The Morgan fingerprint density at radius 3 is 2.62 bits per heavy atom. The monoisotopic (exact) mass is 488 g/mol. The summed E-state index contributed by atoms with van der Waals surface area (Å²) < 4.78 is 38.2. The van der Waals surface area contributed by atoms with Crippen molar-refractivity contribution in [1.82, 2.24) is 14.9 Å². The third-order valence-corrected chi connectivity index (χ3v) is 5.09. The minimum Gasteiger partial charge on any atom is -0.345 e. The van der Waals surface area contributed by atoms with Crippen LogP contribution < -0.4 is 30.7 Å². The minimum atomic E-state index is -4.65. The number of rotatable bonds is 7.